The molecule has 0 unspecified atom stereocenters. The van der Waals surface area contributed by atoms with Crippen LogP contribution in [0.3, 0.4) is 0 Å². The number of fused-ring (bicyclic) bond motifs is 2. The Kier molecular flexibility index (Phi) is 2.67. The van der Waals surface area contributed by atoms with Gasteiger partial charge in [-0.15, -0.1) is 0 Å². The molecule has 0 N–H and O–H groups in total. The third kappa shape index (κ3) is 1.77. The quantitative estimate of drug-likeness (QED) is 0.669. The fraction of sp³-hybridized carbons (Fsp3) is 0.357. The van der Waals surface area contributed by atoms with Crippen molar-refractivity contribution < 1.29 is 0 Å². The van der Waals surface area contributed by atoms with Gasteiger partial charge in [-0.1, -0.05) is 36.7 Å². The van der Waals surface area contributed by atoms with Crippen LogP contribution in [0.15, 0.2) is 29.8 Å². The van der Waals surface area contributed by atoms with Crippen molar-refractivity contribution in [3.8, 4) is 0 Å². The molecule has 2 aliphatic rings. The summed E-state index contributed by atoms with van der Waals surface area (Å²) in [6.07, 6.45) is 4.73. The van der Waals surface area contributed by atoms with Gasteiger partial charge in [-0.25, -0.2) is 4.99 Å². The van der Waals surface area contributed by atoms with E-state index in [1.165, 1.54) is 19.3 Å². The summed E-state index contributed by atoms with van der Waals surface area (Å²) >= 11 is 6.21. The molecule has 0 atom stereocenters. The largest absolute Gasteiger partial charge is 0.330 e. The molecule has 1 aromatic rings. The molecule has 0 radical (unpaired) electrons. The van der Waals surface area contributed by atoms with E-state index in [4.69, 9.17) is 16.6 Å². The number of rotatable bonds is 0. The van der Waals surface area contributed by atoms with Crippen molar-refractivity contribution in [2.75, 3.05) is 6.54 Å². The van der Waals surface area contributed by atoms with Crippen molar-refractivity contribution >= 4 is 28.8 Å². The topological polar surface area (TPSA) is 15.6 Å². The zero-order valence-electron chi connectivity index (χ0n) is 9.75. The molecule has 1 aromatic carbocycles. The number of hydrogen-bond acceptors (Lipinski definition) is 2. The van der Waals surface area contributed by atoms with Crippen molar-refractivity contribution in [1.82, 2.24) is 4.90 Å². The van der Waals surface area contributed by atoms with Gasteiger partial charge >= 0.3 is 0 Å². The maximum absolute atomic E-state index is 6.21. The molecule has 0 aromatic heterocycles. The highest BCUT2D eigenvalue weighted by atomic mass is 35.5. The third-order valence-corrected chi connectivity index (χ3v) is 3.76. The van der Waals surface area contributed by atoms with Gasteiger partial charge < -0.3 is 4.90 Å². The minimum atomic E-state index is 0.722. The molecule has 2 nitrogen and oxygen atoms in total. The van der Waals surface area contributed by atoms with E-state index in [1.54, 1.807) is 0 Å². The highest BCUT2D eigenvalue weighted by molar-refractivity contribution is 6.33. The molecule has 0 amide bonds. The lowest BCUT2D eigenvalue weighted by molar-refractivity contribution is 0.557. The summed E-state index contributed by atoms with van der Waals surface area (Å²) in [5.41, 5.74) is 3.02. The average molecular weight is 247 g/mol. The van der Waals surface area contributed by atoms with Crippen LogP contribution in [0, 0.1) is 0 Å². The average Bonchev–Trinajstić information content (AvgIpc) is 2.56. The molecule has 1 fully saturated rings. The van der Waals surface area contributed by atoms with Gasteiger partial charge in [-0.2, -0.15) is 0 Å². The first kappa shape index (κ1) is 10.8. The van der Waals surface area contributed by atoms with E-state index >= 15 is 0 Å². The minimum absolute atomic E-state index is 0.722. The van der Waals surface area contributed by atoms with Crippen LogP contribution >= 0.6 is 11.6 Å². The van der Waals surface area contributed by atoms with Gasteiger partial charge in [0.25, 0.3) is 0 Å². The molecule has 0 saturated carbocycles. The van der Waals surface area contributed by atoms with Crippen molar-refractivity contribution in [2.45, 2.75) is 25.7 Å². The van der Waals surface area contributed by atoms with Gasteiger partial charge in [0.05, 0.1) is 10.7 Å². The zero-order chi connectivity index (χ0) is 11.8. The highest BCUT2D eigenvalue weighted by Crippen LogP contribution is 2.39. The Hall–Kier alpha value is -1.28. The van der Waals surface area contributed by atoms with Crippen LogP contribution in [-0.4, -0.2) is 17.3 Å². The summed E-state index contributed by atoms with van der Waals surface area (Å²) in [5.74, 6) is 1.13. The van der Waals surface area contributed by atoms with Crippen molar-refractivity contribution in [2.24, 2.45) is 4.99 Å². The van der Waals surface area contributed by atoms with E-state index < -0.39 is 0 Å². The van der Waals surface area contributed by atoms with Crippen LogP contribution in [0.2, 0.25) is 5.02 Å². The number of halogens is 1. The second-order valence-electron chi connectivity index (χ2n) is 4.57. The molecule has 2 heterocycles. The van der Waals surface area contributed by atoms with Gasteiger partial charge in [-0.05, 0) is 18.9 Å². The molecular weight excluding hydrogens is 232 g/mol. The lowest BCUT2D eigenvalue weighted by Gasteiger charge is -2.31. The van der Waals surface area contributed by atoms with Crippen LogP contribution < -0.4 is 0 Å². The van der Waals surface area contributed by atoms with Crippen LogP contribution in [0.4, 0.5) is 5.69 Å². The highest BCUT2D eigenvalue weighted by Gasteiger charge is 2.25. The van der Waals surface area contributed by atoms with Gasteiger partial charge in [0.2, 0.25) is 0 Å². The normalized spacial score (nSPS) is 19.2. The molecule has 0 bridgehead atoms. The van der Waals surface area contributed by atoms with Crippen LogP contribution in [0.25, 0.3) is 5.70 Å². The predicted molar refractivity (Wildman–Crippen MR) is 72.8 cm³/mol. The van der Waals surface area contributed by atoms with E-state index in [0.29, 0.717) is 0 Å². The second-order valence-corrected chi connectivity index (χ2v) is 4.98. The SMILES string of the molecule is C=C1c2cccc(Cl)c2N=C2CCCCCN12. The standard InChI is InChI=1S/C14H15ClN2/c1-10-11-6-5-7-12(15)14(11)16-13-8-3-2-4-9-17(10)13/h5-7H,1-4,8-9H2. The molecule has 2 aliphatic heterocycles. The summed E-state index contributed by atoms with van der Waals surface area (Å²) in [6.45, 7) is 5.24. The Bertz CT molecular complexity index is 505. The van der Waals surface area contributed by atoms with Crippen LogP contribution in [0.5, 0.6) is 0 Å². The molecule has 17 heavy (non-hydrogen) atoms. The fourth-order valence-corrected chi connectivity index (χ4v) is 2.75. The van der Waals surface area contributed by atoms with Gasteiger partial charge in [-0.3, -0.25) is 0 Å². The summed E-state index contributed by atoms with van der Waals surface area (Å²) < 4.78 is 0. The molecule has 0 aliphatic carbocycles. The number of aliphatic imine (C=N–C) groups is 1. The Labute approximate surface area is 107 Å². The first-order chi connectivity index (χ1) is 8.27. The summed E-state index contributed by atoms with van der Waals surface area (Å²) in [6, 6.07) is 5.91. The third-order valence-electron chi connectivity index (χ3n) is 3.46. The first-order valence-electron chi connectivity index (χ1n) is 6.10. The van der Waals surface area contributed by atoms with Crippen molar-refractivity contribution in [3.63, 3.8) is 0 Å². The summed E-state index contributed by atoms with van der Waals surface area (Å²) in [4.78, 5) is 6.98. The van der Waals surface area contributed by atoms with E-state index in [-0.39, 0.29) is 0 Å². The predicted octanol–water partition coefficient (Wildman–Crippen LogP) is 4.23. The molecule has 3 heteroatoms. The van der Waals surface area contributed by atoms with E-state index in [1.807, 2.05) is 12.1 Å². The lowest BCUT2D eigenvalue weighted by Crippen LogP contribution is -2.30. The Morgan fingerprint density at radius 2 is 2.12 bits per heavy atom. The number of para-hydroxylation sites is 1. The van der Waals surface area contributed by atoms with Gasteiger partial charge in [0.15, 0.2) is 0 Å². The van der Waals surface area contributed by atoms with E-state index in [9.17, 15) is 0 Å². The molecule has 88 valence electrons. The maximum Gasteiger partial charge on any atom is 0.109 e. The van der Waals surface area contributed by atoms with Crippen LogP contribution in [-0.2, 0) is 0 Å². The Morgan fingerprint density at radius 3 is 3.00 bits per heavy atom. The molecular formula is C14H15ClN2. The monoisotopic (exact) mass is 246 g/mol. The van der Waals surface area contributed by atoms with Crippen molar-refractivity contribution in [3.05, 3.63) is 35.4 Å². The zero-order valence-corrected chi connectivity index (χ0v) is 10.5. The maximum atomic E-state index is 6.21. The smallest absolute Gasteiger partial charge is 0.109 e. The number of hydrogen-bond donors (Lipinski definition) is 0. The molecule has 1 saturated heterocycles. The van der Waals surface area contributed by atoms with E-state index in [0.717, 1.165) is 40.8 Å². The summed E-state index contributed by atoms with van der Waals surface area (Å²) in [7, 11) is 0. The first-order valence-corrected chi connectivity index (χ1v) is 6.48. The Balaban J connectivity index is 2.13. The van der Waals surface area contributed by atoms with Gasteiger partial charge in [0, 0.05) is 24.2 Å². The van der Waals surface area contributed by atoms with E-state index in [2.05, 4.69) is 17.5 Å². The number of benzene rings is 1. The lowest BCUT2D eigenvalue weighted by atomic mass is 10.1. The Morgan fingerprint density at radius 1 is 1.24 bits per heavy atom. The number of amidine groups is 1. The molecule has 0 spiro atoms. The van der Waals surface area contributed by atoms with Gasteiger partial charge in [0.1, 0.15) is 5.84 Å². The summed E-state index contributed by atoms with van der Waals surface area (Å²) in [5, 5.41) is 0.722. The minimum Gasteiger partial charge on any atom is -0.330 e. The fourth-order valence-electron chi connectivity index (χ4n) is 2.54. The second kappa shape index (κ2) is 4.19. The molecule has 3 rings (SSSR count). The number of nitrogens with zero attached hydrogens (tertiary/aromatic N) is 2. The van der Waals surface area contributed by atoms with Crippen LogP contribution in [0.1, 0.15) is 31.2 Å². The van der Waals surface area contributed by atoms with Crippen molar-refractivity contribution in [1.29, 1.82) is 0 Å².